The molecule has 0 unspecified atom stereocenters. The quantitative estimate of drug-likeness (QED) is 0.376. The van der Waals surface area contributed by atoms with Gasteiger partial charge in [-0.3, -0.25) is 10.2 Å². The van der Waals surface area contributed by atoms with Gasteiger partial charge in [0.2, 0.25) is 5.91 Å². The average molecular weight is 100 g/mol. The van der Waals surface area contributed by atoms with Crippen LogP contribution in [-0.2, 0) is 4.79 Å². The van der Waals surface area contributed by atoms with E-state index in [1.54, 1.807) is 6.92 Å². The van der Waals surface area contributed by atoms with Crippen LogP contribution in [0.1, 0.15) is 13.3 Å². The maximum atomic E-state index is 10.1. The van der Waals surface area contributed by atoms with Gasteiger partial charge in [0, 0.05) is 6.42 Å². The van der Waals surface area contributed by atoms with Gasteiger partial charge in [-0.15, -0.1) is 0 Å². The van der Waals surface area contributed by atoms with Gasteiger partial charge in [-0.05, 0) is 0 Å². The van der Waals surface area contributed by atoms with Crippen molar-refractivity contribution >= 4 is 12.2 Å². The van der Waals surface area contributed by atoms with E-state index in [4.69, 9.17) is 5.41 Å². The van der Waals surface area contributed by atoms with E-state index in [-0.39, 0.29) is 5.91 Å². The van der Waals surface area contributed by atoms with Gasteiger partial charge in [0.05, 0.1) is 6.34 Å². The molecule has 0 aromatic heterocycles. The molecule has 0 atom stereocenters. The van der Waals surface area contributed by atoms with Crippen LogP contribution < -0.4 is 5.32 Å². The second-order valence-corrected chi connectivity index (χ2v) is 1.07. The third-order valence-corrected chi connectivity index (χ3v) is 0.554. The van der Waals surface area contributed by atoms with Crippen LogP contribution in [0.5, 0.6) is 0 Å². The van der Waals surface area contributed by atoms with Gasteiger partial charge in [-0.25, -0.2) is 0 Å². The Morgan fingerprint density at radius 3 is 2.71 bits per heavy atom. The second-order valence-electron chi connectivity index (χ2n) is 1.07. The lowest BCUT2D eigenvalue weighted by atomic mass is 10.5. The van der Waals surface area contributed by atoms with Crippen molar-refractivity contribution in [2.75, 3.05) is 0 Å². The molecule has 0 saturated carbocycles. The smallest absolute Gasteiger partial charge is 0.224 e. The van der Waals surface area contributed by atoms with Crippen molar-refractivity contribution in [2.45, 2.75) is 13.3 Å². The molecule has 2 N–H and O–H groups in total. The van der Waals surface area contributed by atoms with E-state index in [1.807, 2.05) is 0 Å². The van der Waals surface area contributed by atoms with Gasteiger partial charge in [-0.2, -0.15) is 0 Å². The number of amides is 1. The minimum Gasteiger partial charge on any atom is -0.317 e. The molecule has 7 heavy (non-hydrogen) atoms. The molecule has 0 radical (unpaired) electrons. The van der Waals surface area contributed by atoms with Gasteiger partial charge in [-0.1, -0.05) is 6.92 Å². The van der Waals surface area contributed by atoms with Crippen LogP contribution in [0.4, 0.5) is 0 Å². The molecule has 3 heteroatoms. The number of carbonyl (C=O) groups is 1. The van der Waals surface area contributed by atoms with Crippen molar-refractivity contribution in [1.29, 1.82) is 5.41 Å². The zero-order valence-electron chi connectivity index (χ0n) is 4.19. The fourth-order valence-electron chi connectivity index (χ4n) is 0.183. The van der Waals surface area contributed by atoms with Crippen LogP contribution in [0.25, 0.3) is 0 Å². The third-order valence-electron chi connectivity index (χ3n) is 0.554. The van der Waals surface area contributed by atoms with Crippen LogP contribution in [0.2, 0.25) is 0 Å². The minimum atomic E-state index is -0.116. The van der Waals surface area contributed by atoms with Gasteiger partial charge in [0.1, 0.15) is 0 Å². The van der Waals surface area contributed by atoms with Crippen molar-refractivity contribution in [1.82, 2.24) is 5.32 Å². The van der Waals surface area contributed by atoms with E-state index >= 15 is 0 Å². The first-order valence-electron chi connectivity index (χ1n) is 2.09. The molecule has 0 aliphatic carbocycles. The fraction of sp³-hybridized carbons (Fsp3) is 0.500. The van der Waals surface area contributed by atoms with E-state index in [1.165, 1.54) is 0 Å². The molecule has 0 spiro atoms. The third kappa shape index (κ3) is 2.96. The molecular formula is C4H8N2O. The Labute approximate surface area is 42.2 Å². The Kier molecular flexibility index (Phi) is 2.92. The first kappa shape index (κ1) is 6.14. The van der Waals surface area contributed by atoms with E-state index in [0.717, 1.165) is 6.34 Å². The van der Waals surface area contributed by atoms with Crippen LogP contribution >= 0.6 is 0 Å². The summed E-state index contributed by atoms with van der Waals surface area (Å²) in [5.74, 6) is -0.116. The lowest BCUT2D eigenvalue weighted by molar-refractivity contribution is -0.119. The van der Waals surface area contributed by atoms with E-state index in [2.05, 4.69) is 5.32 Å². The number of nitrogens with one attached hydrogen (secondary N) is 2. The predicted octanol–water partition coefficient (Wildman–Crippen LogP) is 0.120. The highest BCUT2D eigenvalue weighted by Gasteiger charge is 1.87. The van der Waals surface area contributed by atoms with Crippen molar-refractivity contribution in [3.05, 3.63) is 0 Å². The molecule has 3 nitrogen and oxygen atoms in total. The maximum absolute atomic E-state index is 10.1. The zero-order chi connectivity index (χ0) is 5.70. The average Bonchev–Trinajstić information content (AvgIpc) is 1.68. The summed E-state index contributed by atoms with van der Waals surface area (Å²) in [6.07, 6.45) is 1.32. The molecule has 0 heterocycles. The molecule has 0 aliphatic heterocycles. The molecule has 40 valence electrons. The molecule has 0 aromatic carbocycles. The molecule has 0 aromatic rings. The predicted molar refractivity (Wildman–Crippen MR) is 27.2 cm³/mol. The standard InChI is InChI=1S/C4H8N2O/c1-2-4(7)6-3-5/h3H,2H2,1H3,(H2,5,6,7). The topological polar surface area (TPSA) is 53.0 Å². The fourth-order valence-corrected chi connectivity index (χ4v) is 0.183. The molecule has 0 fully saturated rings. The number of hydrogen-bond donors (Lipinski definition) is 2. The molecule has 1 amide bonds. The lowest BCUT2D eigenvalue weighted by Gasteiger charge is -1.88. The number of rotatable bonds is 2. The summed E-state index contributed by atoms with van der Waals surface area (Å²) in [4.78, 5) is 10.1. The SMILES string of the molecule is CCC(=O)NC=N. The van der Waals surface area contributed by atoms with Crippen molar-refractivity contribution in [2.24, 2.45) is 0 Å². The molecular weight excluding hydrogens is 92.1 g/mol. The Morgan fingerprint density at radius 2 is 2.57 bits per heavy atom. The zero-order valence-corrected chi connectivity index (χ0v) is 4.19. The molecule has 0 saturated heterocycles. The first-order chi connectivity index (χ1) is 3.31. The summed E-state index contributed by atoms with van der Waals surface area (Å²) >= 11 is 0. The van der Waals surface area contributed by atoms with Gasteiger partial charge in [0.15, 0.2) is 0 Å². The largest absolute Gasteiger partial charge is 0.317 e. The Morgan fingerprint density at radius 1 is 2.00 bits per heavy atom. The van der Waals surface area contributed by atoms with Gasteiger partial charge < -0.3 is 5.32 Å². The molecule has 0 aliphatic rings. The maximum Gasteiger partial charge on any atom is 0.224 e. The summed E-state index contributed by atoms with van der Waals surface area (Å²) in [5, 5.41) is 8.58. The van der Waals surface area contributed by atoms with Crippen LogP contribution in [0.15, 0.2) is 0 Å². The first-order valence-corrected chi connectivity index (χ1v) is 2.09. The van der Waals surface area contributed by atoms with Crippen molar-refractivity contribution in [3.63, 3.8) is 0 Å². The molecule has 0 rings (SSSR count). The van der Waals surface area contributed by atoms with Crippen LogP contribution in [0, 0.1) is 5.41 Å². The summed E-state index contributed by atoms with van der Waals surface area (Å²) in [6, 6.07) is 0. The van der Waals surface area contributed by atoms with E-state index in [9.17, 15) is 4.79 Å². The highest BCUT2D eigenvalue weighted by molar-refractivity contribution is 5.86. The van der Waals surface area contributed by atoms with Crippen molar-refractivity contribution in [3.8, 4) is 0 Å². The Bertz CT molecular complexity index is 79.8. The monoisotopic (exact) mass is 100 g/mol. The summed E-state index contributed by atoms with van der Waals surface area (Å²) < 4.78 is 0. The highest BCUT2D eigenvalue weighted by atomic mass is 16.1. The minimum absolute atomic E-state index is 0.116. The lowest BCUT2D eigenvalue weighted by Crippen LogP contribution is -2.18. The normalized spacial score (nSPS) is 7.57. The number of hydrogen-bond acceptors (Lipinski definition) is 2. The van der Waals surface area contributed by atoms with E-state index < -0.39 is 0 Å². The molecule has 0 bridgehead atoms. The van der Waals surface area contributed by atoms with E-state index in [0.29, 0.717) is 6.42 Å². The summed E-state index contributed by atoms with van der Waals surface area (Å²) in [5.41, 5.74) is 0. The van der Waals surface area contributed by atoms with Crippen LogP contribution in [0.3, 0.4) is 0 Å². The van der Waals surface area contributed by atoms with Gasteiger partial charge in [0.25, 0.3) is 0 Å². The van der Waals surface area contributed by atoms with Crippen molar-refractivity contribution < 1.29 is 4.79 Å². The second kappa shape index (κ2) is 3.33. The van der Waals surface area contributed by atoms with Gasteiger partial charge >= 0.3 is 0 Å². The Balaban J connectivity index is 3.17. The number of carbonyl (C=O) groups excluding carboxylic acids is 1. The summed E-state index contributed by atoms with van der Waals surface area (Å²) in [6.45, 7) is 1.73. The summed E-state index contributed by atoms with van der Waals surface area (Å²) in [7, 11) is 0. The highest BCUT2D eigenvalue weighted by Crippen LogP contribution is 1.68. The van der Waals surface area contributed by atoms with Crippen LogP contribution in [-0.4, -0.2) is 12.2 Å². The Hall–Kier alpha value is -0.860.